The van der Waals surface area contributed by atoms with E-state index in [4.69, 9.17) is 0 Å². The Hall–Kier alpha value is -0.794. The first kappa shape index (κ1) is 12.7. The molecule has 0 aliphatic rings. The standard InChI is InChI=1S/2C8H9.Mg/c2*1-7-5-3-4-6-8(7)2;/h2*3-5H,1-2H3;. The molecular weight excluding hydrogens is 216 g/mol. The zero-order valence-corrected chi connectivity index (χ0v) is 12.6. The van der Waals surface area contributed by atoms with Crippen LogP contribution in [0, 0.1) is 27.7 Å². The Morgan fingerprint density at radius 2 is 1.06 bits per heavy atom. The molecule has 0 nitrogen and oxygen atoms in total. The molecule has 0 heterocycles. The Kier molecular flexibility index (Phi) is 3.90. The van der Waals surface area contributed by atoms with Crippen LogP contribution in [0.3, 0.4) is 0 Å². The lowest BCUT2D eigenvalue weighted by Crippen LogP contribution is -2.31. The van der Waals surface area contributed by atoms with E-state index in [1.807, 2.05) is 0 Å². The van der Waals surface area contributed by atoms with Gasteiger partial charge in [0.2, 0.25) is 0 Å². The predicted octanol–water partition coefficient (Wildman–Crippen LogP) is 2.58. The molecule has 0 aliphatic carbocycles. The van der Waals surface area contributed by atoms with Crippen molar-refractivity contribution in [1.29, 1.82) is 0 Å². The molecule has 0 saturated carbocycles. The van der Waals surface area contributed by atoms with Gasteiger partial charge in [0.1, 0.15) is 0 Å². The van der Waals surface area contributed by atoms with Gasteiger partial charge in [-0.05, 0) is 27.7 Å². The van der Waals surface area contributed by atoms with Crippen molar-refractivity contribution in [2.75, 3.05) is 0 Å². The second-order valence-electron chi connectivity index (χ2n) is 4.89. The summed E-state index contributed by atoms with van der Waals surface area (Å²) in [5.41, 5.74) is 5.81. The van der Waals surface area contributed by atoms with Gasteiger partial charge in [0.05, 0.1) is 0 Å². The van der Waals surface area contributed by atoms with E-state index in [2.05, 4.69) is 64.1 Å². The van der Waals surface area contributed by atoms with Crippen LogP contribution in [-0.4, -0.2) is 20.4 Å². The van der Waals surface area contributed by atoms with E-state index in [1.165, 1.54) is 22.3 Å². The van der Waals surface area contributed by atoms with Crippen LogP contribution in [0.5, 0.6) is 0 Å². The summed E-state index contributed by atoms with van der Waals surface area (Å²) in [6.07, 6.45) is 0. The summed E-state index contributed by atoms with van der Waals surface area (Å²) in [7, 11) is 0. The minimum Gasteiger partial charge on any atom is -0.162 e. The van der Waals surface area contributed by atoms with Crippen LogP contribution in [0.2, 0.25) is 0 Å². The molecule has 1 heteroatoms. The van der Waals surface area contributed by atoms with Crippen molar-refractivity contribution in [1.82, 2.24) is 0 Å². The summed E-state index contributed by atoms with van der Waals surface area (Å²) >= 11 is -0.335. The van der Waals surface area contributed by atoms with Crippen molar-refractivity contribution >= 4 is 27.8 Å². The Morgan fingerprint density at radius 3 is 1.47 bits per heavy atom. The molecule has 0 spiro atoms. The van der Waals surface area contributed by atoms with Gasteiger partial charge in [-0.15, -0.1) is 0 Å². The summed E-state index contributed by atoms with van der Waals surface area (Å²) in [5, 5.41) is 0. The third-order valence-corrected chi connectivity index (χ3v) is 6.11. The van der Waals surface area contributed by atoms with Gasteiger partial charge in [-0.25, -0.2) is 0 Å². The lowest BCUT2D eigenvalue weighted by molar-refractivity contribution is 1.36. The molecule has 0 atom stereocenters. The highest BCUT2D eigenvalue weighted by Crippen LogP contribution is 2.04. The van der Waals surface area contributed by atoms with Crippen LogP contribution < -0.4 is 7.39 Å². The van der Waals surface area contributed by atoms with Crippen molar-refractivity contribution in [3.63, 3.8) is 0 Å². The van der Waals surface area contributed by atoms with Crippen LogP contribution in [0.4, 0.5) is 0 Å². The van der Waals surface area contributed by atoms with E-state index >= 15 is 0 Å². The minimum atomic E-state index is -0.335. The largest absolute Gasteiger partial charge is 0.451 e. The molecule has 0 amide bonds. The molecule has 84 valence electrons. The minimum absolute atomic E-state index is 0.335. The fourth-order valence-electron chi connectivity index (χ4n) is 2.21. The Balaban J connectivity index is 2.38. The molecule has 17 heavy (non-hydrogen) atoms. The third kappa shape index (κ3) is 2.72. The molecule has 0 N–H and O–H groups in total. The molecule has 2 aromatic rings. The van der Waals surface area contributed by atoms with E-state index in [0.717, 1.165) is 0 Å². The summed E-state index contributed by atoms with van der Waals surface area (Å²) < 4.78 is 3.16. The first-order valence-corrected chi connectivity index (χ1v) is 7.61. The van der Waals surface area contributed by atoms with Gasteiger partial charge in [0, 0.05) is 0 Å². The molecule has 2 rings (SSSR count). The molecule has 2 aromatic carbocycles. The fourth-order valence-corrected chi connectivity index (χ4v) is 4.22. The first-order chi connectivity index (χ1) is 8.09. The van der Waals surface area contributed by atoms with Crippen molar-refractivity contribution in [2.24, 2.45) is 0 Å². The van der Waals surface area contributed by atoms with Crippen molar-refractivity contribution in [2.45, 2.75) is 27.7 Å². The van der Waals surface area contributed by atoms with Crippen molar-refractivity contribution in [3.05, 3.63) is 58.7 Å². The second kappa shape index (κ2) is 5.24. The molecule has 0 radical (unpaired) electrons. The average Bonchev–Trinajstić information content (AvgIpc) is 2.31. The lowest BCUT2D eigenvalue weighted by atomic mass is 10.1. The first-order valence-electron chi connectivity index (χ1n) is 6.20. The monoisotopic (exact) mass is 234 g/mol. The Labute approximate surface area is 114 Å². The van der Waals surface area contributed by atoms with Gasteiger partial charge in [0.15, 0.2) is 0 Å². The highest BCUT2D eigenvalue weighted by molar-refractivity contribution is 6.68. The maximum Gasteiger partial charge on any atom is 0.451 e. The van der Waals surface area contributed by atoms with Gasteiger partial charge >= 0.3 is 20.4 Å². The zero-order valence-electron chi connectivity index (χ0n) is 11.2. The molecular formula is C16H18Mg. The molecule has 0 bridgehead atoms. The summed E-state index contributed by atoms with van der Waals surface area (Å²) in [5.74, 6) is 0. The molecule has 0 fully saturated rings. The van der Waals surface area contributed by atoms with Crippen LogP contribution in [0.15, 0.2) is 36.4 Å². The van der Waals surface area contributed by atoms with Crippen LogP contribution in [0.1, 0.15) is 22.3 Å². The number of rotatable bonds is 2. The van der Waals surface area contributed by atoms with Gasteiger partial charge < -0.3 is 0 Å². The SMILES string of the molecule is Cc1ccc[c]([Mg][c]2cccc(C)c2C)c1C. The predicted molar refractivity (Wildman–Crippen MR) is 76.9 cm³/mol. The van der Waals surface area contributed by atoms with Gasteiger partial charge in [-0.1, -0.05) is 58.7 Å². The van der Waals surface area contributed by atoms with Gasteiger partial charge in [-0.2, -0.15) is 7.39 Å². The van der Waals surface area contributed by atoms with E-state index in [-0.39, 0.29) is 20.4 Å². The molecule has 0 aliphatic heterocycles. The van der Waals surface area contributed by atoms with E-state index in [1.54, 1.807) is 7.39 Å². The fraction of sp³-hybridized carbons (Fsp3) is 0.250. The molecule has 0 saturated heterocycles. The lowest BCUT2D eigenvalue weighted by Gasteiger charge is -2.11. The van der Waals surface area contributed by atoms with Crippen LogP contribution >= 0.6 is 0 Å². The van der Waals surface area contributed by atoms with E-state index in [0.29, 0.717) is 0 Å². The van der Waals surface area contributed by atoms with E-state index in [9.17, 15) is 0 Å². The Morgan fingerprint density at radius 1 is 0.647 bits per heavy atom. The maximum atomic E-state index is 2.30. The molecule has 0 aromatic heterocycles. The van der Waals surface area contributed by atoms with Gasteiger partial charge in [0.25, 0.3) is 0 Å². The highest BCUT2D eigenvalue weighted by Gasteiger charge is 2.09. The number of hydrogen-bond donors (Lipinski definition) is 0. The summed E-state index contributed by atoms with van der Waals surface area (Å²) in [4.78, 5) is 0. The topological polar surface area (TPSA) is 0 Å². The summed E-state index contributed by atoms with van der Waals surface area (Å²) in [6, 6.07) is 13.4. The van der Waals surface area contributed by atoms with Crippen molar-refractivity contribution in [3.8, 4) is 0 Å². The third-order valence-electron chi connectivity index (χ3n) is 3.81. The zero-order chi connectivity index (χ0) is 12.4. The van der Waals surface area contributed by atoms with Gasteiger partial charge in [-0.3, -0.25) is 0 Å². The average molecular weight is 235 g/mol. The molecule has 0 unspecified atom stereocenters. The highest BCUT2D eigenvalue weighted by atomic mass is 24.5. The number of benzene rings is 2. The normalized spacial score (nSPS) is 10.1. The number of aryl methyl sites for hydroxylation is 2. The van der Waals surface area contributed by atoms with E-state index < -0.39 is 0 Å². The smallest absolute Gasteiger partial charge is 0.162 e. The maximum absolute atomic E-state index is 2.30. The second-order valence-corrected chi connectivity index (χ2v) is 6.77. The van der Waals surface area contributed by atoms with Crippen LogP contribution in [0.25, 0.3) is 0 Å². The van der Waals surface area contributed by atoms with Crippen molar-refractivity contribution < 1.29 is 0 Å². The van der Waals surface area contributed by atoms with Crippen LogP contribution in [-0.2, 0) is 0 Å². The summed E-state index contributed by atoms with van der Waals surface area (Å²) in [6.45, 7) is 8.91. The Bertz CT molecular complexity index is 492. The number of hydrogen-bond acceptors (Lipinski definition) is 0. The quantitative estimate of drug-likeness (QED) is 0.701.